The first kappa shape index (κ1) is 18.8. The second-order valence-corrected chi connectivity index (χ2v) is 5.74. The SMILES string of the molecule is CCOC(=O)CCCCc1oc(CCCCCO)c(C)c1C. The molecule has 0 fully saturated rings. The number of carbonyl (C=O) groups is 1. The number of rotatable bonds is 11. The summed E-state index contributed by atoms with van der Waals surface area (Å²) in [5.41, 5.74) is 2.50. The molecule has 0 radical (unpaired) electrons. The molecular weight excluding hydrogens is 280 g/mol. The van der Waals surface area contributed by atoms with Gasteiger partial charge in [0.2, 0.25) is 0 Å². The lowest BCUT2D eigenvalue weighted by molar-refractivity contribution is -0.143. The number of furan rings is 1. The van der Waals surface area contributed by atoms with Crippen LogP contribution in [0.1, 0.15) is 68.1 Å². The summed E-state index contributed by atoms with van der Waals surface area (Å²) in [6.45, 7) is 6.77. The summed E-state index contributed by atoms with van der Waals surface area (Å²) in [5.74, 6) is 2.02. The van der Waals surface area contributed by atoms with Gasteiger partial charge in [0.1, 0.15) is 11.5 Å². The van der Waals surface area contributed by atoms with Crippen molar-refractivity contribution in [2.75, 3.05) is 13.2 Å². The Bertz CT molecular complexity index is 448. The average molecular weight is 310 g/mol. The van der Waals surface area contributed by atoms with E-state index >= 15 is 0 Å². The van der Waals surface area contributed by atoms with Gasteiger partial charge in [0.15, 0.2) is 0 Å². The predicted octanol–water partition coefficient (Wildman–Crippen LogP) is 3.88. The van der Waals surface area contributed by atoms with Crippen molar-refractivity contribution in [2.45, 2.75) is 72.1 Å². The lowest BCUT2D eigenvalue weighted by atomic mass is 10.1. The highest BCUT2D eigenvalue weighted by Crippen LogP contribution is 2.24. The summed E-state index contributed by atoms with van der Waals surface area (Å²) in [6, 6.07) is 0. The molecule has 0 aliphatic heterocycles. The number of unbranched alkanes of at least 4 members (excludes halogenated alkanes) is 3. The van der Waals surface area contributed by atoms with E-state index in [0.717, 1.165) is 56.5 Å². The molecule has 4 nitrogen and oxygen atoms in total. The molecule has 0 aromatic carbocycles. The Hall–Kier alpha value is -1.29. The van der Waals surface area contributed by atoms with E-state index in [1.165, 1.54) is 11.1 Å². The van der Waals surface area contributed by atoms with Gasteiger partial charge in [0.05, 0.1) is 6.61 Å². The van der Waals surface area contributed by atoms with Crippen molar-refractivity contribution >= 4 is 5.97 Å². The highest BCUT2D eigenvalue weighted by Gasteiger charge is 2.13. The van der Waals surface area contributed by atoms with Crippen LogP contribution in [0, 0.1) is 13.8 Å². The van der Waals surface area contributed by atoms with Crippen molar-refractivity contribution in [3.8, 4) is 0 Å². The quantitative estimate of drug-likeness (QED) is 0.498. The van der Waals surface area contributed by atoms with Gasteiger partial charge in [-0.25, -0.2) is 0 Å². The van der Waals surface area contributed by atoms with E-state index in [4.69, 9.17) is 14.3 Å². The van der Waals surface area contributed by atoms with Crippen molar-refractivity contribution in [3.63, 3.8) is 0 Å². The summed E-state index contributed by atoms with van der Waals surface area (Å²) in [6.07, 6.45) is 7.03. The van der Waals surface area contributed by atoms with E-state index in [9.17, 15) is 4.79 Å². The van der Waals surface area contributed by atoms with Crippen LogP contribution in [0.2, 0.25) is 0 Å². The monoisotopic (exact) mass is 310 g/mol. The van der Waals surface area contributed by atoms with Gasteiger partial charge in [0, 0.05) is 25.9 Å². The zero-order valence-corrected chi connectivity index (χ0v) is 14.2. The van der Waals surface area contributed by atoms with Crippen molar-refractivity contribution in [1.82, 2.24) is 0 Å². The molecule has 0 spiro atoms. The number of aryl methyl sites for hydroxylation is 2. The zero-order valence-electron chi connectivity index (χ0n) is 14.2. The summed E-state index contributed by atoms with van der Waals surface area (Å²) < 4.78 is 10.9. The molecular formula is C18H30O4. The predicted molar refractivity (Wildman–Crippen MR) is 87.0 cm³/mol. The van der Waals surface area contributed by atoms with Crippen molar-refractivity contribution in [2.24, 2.45) is 0 Å². The van der Waals surface area contributed by atoms with E-state index < -0.39 is 0 Å². The fraction of sp³-hybridized carbons (Fsp3) is 0.722. The van der Waals surface area contributed by atoms with Gasteiger partial charge >= 0.3 is 5.97 Å². The Kier molecular flexibility index (Phi) is 8.90. The maximum Gasteiger partial charge on any atom is 0.305 e. The molecule has 0 aliphatic rings. The number of ether oxygens (including phenoxy) is 1. The second kappa shape index (κ2) is 10.4. The van der Waals surface area contributed by atoms with E-state index in [2.05, 4.69) is 13.8 Å². The summed E-state index contributed by atoms with van der Waals surface area (Å²) in [4.78, 5) is 11.3. The first-order valence-electron chi connectivity index (χ1n) is 8.44. The lowest BCUT2D eigenvalue weighted by Crippen LogP contribution is -2.03. The zero-order chi connectivity index (χ0) is 16.4. The van der Waals surface area contributed by atoms with E-state index in [-0.39, 0.29) is 12.6 Å². The first-order chi connectivity index (χ1) is 10.6. The van der Waals surface area contributed by atoms with Gasteiger partial charge in [-0.1, -0.05) is 6.42 Å². The molecule has 0 saturated heterocycles. The third-order valence-corrected chi connectivity index (χ3v) is 4.05. The summed E-state index contributed by atoms with van der Waals surface area (Å²) >= 11 is 0. The minimum atomic E-state index is -0.112. The Balaban J connectivity index is 2.39. The molecule has 1 rings (SSSR count). The fourth-order valence-electron chi connectivity index (χ4n) is 2.56. The van der Waals surface area contributed by atoms with Crippen LogP contribution < -0.4 is 0 Å². The number of esters is 1. The van der Waals surface area contributed by atoms with Crippen LogP contribution in [0.3, 0.4) is 0 Å². The third kappa shape index (κ3) is 6.22. The lowest BCUT2D eigenvalue weighted by Gasteiger charge is -2.01. The van der Waals surface area contributed by atoms with Crippen LogP contribution in [0.25, 0.3) is 0 Å². The van der Waals surface area contributed by atoms with Crippen LogP contribution >= 0.6 is 0 Å². The van der Waals surface area contributed by atoms with Crippen molar-refractivity contribution in [1.29, 1.82) is 0 Å². The molecule has 1 aromatic rings. The molecule has 1 heterocycles. The smallest absolute Gasteiger partial charge is 0.305 e. The molecule has 0 aliphatic carbocycles. The maximum absolute atomic E-state index is 11.3. The minimum Gasteiger partial charge on any atom is -0.466 e. The van der Waals surface area contributed by atoms with Crippen molar-refractivity contribution < 1.29 is 19.1 Å². The largest absolute Gasteiger partial charge is 0.466 e. The van der Waals surface area contributed by atoms with E-state index in [1.54, 1.807) is 0 Å². The average Bonchev–Trinajstić information content (AvgIpc) is 2.76. The van der Waals surface area contributed by atoms with Gasteiger partial charge in [-0.3, -0.25) is 4.79 Å². The van der Waals surface area contributed by atoms with Gasteiger partial charge in [-0.15, -0.1) is 0 Å². The number of hydrogen-bond donors (Lipinski definition) is 1. The van der Waals surface area contributed by atoms with Crippen LogP contribution in [0.4, 0.5) is 0 Å². The molecule has 0 unspecified atom stereocenters. The van der Waals surface area contributed by atoms with E-state index in [1.807, 2.05) is 6.92 Å². The molecule has 1 N–H and O–H groups in total. The van der Waals surface area contributed by atoms with Crippen LogP contribution in [0.15, 0.2) is 4.42 Å². The molecule has 126 valence electrons. The van der Waals surface area contributed by atoms with Crippen LogP contribution in [-0.2, 0) is 22.4 Å². The summed E-state index contributed by atoms with van der Waals surface area (Å²) in [5, 5.41) is 8.80. The number of aliphatic hydroxyl groups is 1. The molecule has 0 bridgehead atoms. The highest BCUT2D eigenvalue weighted by molar-refractivity contribution is 5.69. The number of hydrogen-bond acceptors (Lipinski definition) is 4. The molecule has 4 heteroatoms. The normalized spacial score (nSPS) is 10.9. The molecule has 0 atom stereocenters. The van der Waals surface area contributed by atoms with Gasteiger partial charge in [-0.05, 0) is 57.6 Å². The Morgan fingerprint density at radius 1 is 1.00 bits per heavy atom. The highest BCUT2D eigenvalue weighted by atomic mass is 16.5. The molecule has 0 amide bonds. The standard InChI is InChI=1S/C18H30O4/c1-4-21-18(20)12-8-7-11-17-15(3)14(2)16(22-17)10-6-5-9-13-19/h19H,4-13H2,1-3H3. The molecule has 0 saturated carbocycles. The van der Waals surface area contributed by atoms with E-state index in [0.29, 0.717) is 13.0 Å². The van der Waals surface area contributed by atoms with Crippen LogP contribution in [-0.4, -0.2) is 24.3 Å². The molecule has 22 heavy (non-hydrogen) atoms. The maximum atomic E-state index is 11.3. The van der Waals surface area contributed by atoms with Crippen LogP contribution in [0.5, 0.6) is 0 Å². The Morgan fingerprint density at radius 2 is 1.59 bits per heavy atom. The third-order valence-electron chi connectivity index (χ3n) is 4.05. The number of aliphatic hydroxyl groups excluding tert-OH is 1. The second-order valence-electron chi connectivity index (χ2n) is 5.74. The van der Waals surface area contributed by atoms with Gasteiger partial charge in [-0.2, -0.15) is 0 Å². The Morgan fingerprint density at radius 3 is 2.14 bits per heavy atom. The molecule has 1 aromatic heterocycles. The fourth-order valence-corrected chi connectivity index (χ4v) is 2.56. The van der Waals surface area contributed by atoms with Gasteiger partial charge in [0.25, 0.3) is 0 Å². The summed E-state index contributed by atoms with van der Waals surface area (Å²) in [7, 11) is 0. The number of carbonyl (C=O) groups excluding carboxylic acids is 1. The minimum absolute atomic E-state index is 0.112. The van der Waals surface area contributed by atoms with Gasteiger partial charge < -0.3 is 14.3 Å². The Labute approximate surface area is 133 Å². The topological polar surface area (TPSA) is 59.7 Å². The first-order valence-corrected chi connectivity index (χ1v) is 8.44. The van der Waals surface area contributed by atoms with Crippen molar-refractivity contribution in [3.05, 3.63) is 22.6 Å².